The molecule has 0 N–H and O–H groups in total. The minimum atomic E-state index is 0.756. The molecule has 0 nitrogen and oxygen atoms in total. The highest BCUT2D eigenvalue weighted by atomic mass is 14.3. The molecule has 0 atom stereocenters. The summed E-state index contributed by atoms with van der Waals surface area (Å²) in [4.78, 5) is 0. The lowest BCUT2D eigenvalue weighted by atomic mass is 9.77. The Labute approximate surface area is 193 Å². The summed E-state index contributed by atoms with van der Waals surface area (Å²) in [7, 11) is 0. The van der Waals surface area contributed by atoms with Gasteiger partial charge in [-0.05, 0) is 98.8 Å². The molecule has 0 saturated heterocycles. The Balaban J connectivity index is 1.38. The fraction of sp³-hybridized carbons (Fsp3) is 0.677. The first-order chi connectivity index (χ1) is 15.3. The van der Waals surface area contributed by atoms with Gasteiger partial charge in [-0.1, -0.05) is 88.8 Å². The molecular weight excluding hydrogens is 372 g/mol. The van der Waals surface area contributed by atoms with Crippen molar-refractivity contribution >= 4 is 0 Å². The molecule has 0 bridgehead atoms. The van der Waals surface area contributed by atoms with Crippen LogP contribution >= 0.6 is 0 Å². The third-order valence-electron chi connectivity index (χ3n) is 7.97. The summed E-state index contributed by atoms with van der Waals surface area (Å²) in [5.74, 6) is 10.2. The first kappa shape index (κ1) is 24.2. The SMILES string of the molecule is CCCCC[C@H]1CC[C@H](c2ccc(C#C/C=C/[C@H]3CC[C@H](CCCC)CC3)cc2)CC1. The van der Waals surface area contributed by atoms with Crippen LogP contribution in [-0.2, 0) is 0 Å². The molecule has 2 saturated carbocycles. The van der Waals surface area contributed by atoms with Gasteiger partial charge in [-0.2, -0.15) is 0 Å². The lowest BCUT2D eigenvalue weighted by Gasteiger charge is -2.29. The largest absolute Gasteiger partial charge is 0.0730 e. The van der Waals surface area contributed by atoms with Crippen LogP contribution in [0, 0.1) is 29.6 Å². The molecule has 0 heteroatoms. The minimum Gasteiger partial charge on any atom is -0.0730 e. The molecule has 0 radical (unpaired) electrons. The Bertz CT molecular complexity index is 682. The highest BCUT2D eigenvalue weighted by molar-refractivity contribution is 5.39. The van der Waals surface area contributed by atoms with Crippen LogP contribution in [0.4, 0.5) is 0 Å². The quantitative estimate of drug-likeness (QED) is 0.277. The lowest BCUT2D eigenvalue weighted by Crippen LogP contribution is -2.13. The van der Waals surface area contributed by atoms with Crippen LogP contribution in [0.15, 0.2) is 36.4 Å². The second-order valence-corrected chi connectivity index (χ2v) is 10.4. The molecule has 0 unspecified atom stereocenters. The zero-order chi connectivity index (χ0) is 21.7. The average Bonchev–Trinajstić information content (AvgIpc) is 2.82. The highest BCUT2D eigenvalue weighted by Gasteiger charge is 2.22. The van der Waals surface area contributed by atoms with Crippen molar-refractivity contribution in [3.8, 4) is 11.8 Å². The smallest absolute Gasteiger partial charge is 0.0249 e. The van der Waals surface area contributed by atoms with Gasteiger partial charge in [-0.3, -0.25) is 0 Å². The number of benzene rings is 1. The first-order valence-electron chi connectivity index (χ1n) is 13.6. The molecule has 170 valence electrons. The van der Waals surface area contributed by atoms with E-state index in [0.29, 0.717) is 0 Å². The molecule has 2 aliphatic carbocycles. The predicted molar refractivity (Wildman–Crippen MR) is 136 cm³/mol. The lowest BCUT2D eigenvalue weighted by molar-refractivity contribution is 0.291. The zero-order valence-electron chi connectivity index (χ0n) is 20.4. The van der Waals surface area contributed by atoms with E-state index in [1.165, 1.54) is 102 Å². The molecule has 2 aliphatic rings. The third-order valence-corrected chi connectivity index (χ3v) is 7.97. The maximum absolute atomic E-state index is 3.35. The number of hydrogen-bond acceptors (Lipinski definition) is 0. The van der Waals surface area contributed by atoms with E-state index < -0.39 is 0 Å². The average molecular weight is 419 g/mol. The Hall–Kier alpha value is -1.48. The van der Waals surface area contributed by atoms with E-state index >= 15 is 0 Å². The van der Waals surface area contributed by atoms with Gasteiger partial charge in [0.25, 0.3) is 0 Å². The van der Waals surface area contributed by atoms with E-state index in [4.69, 9.17) is 0 Å². The van der Waals surface area contributed by atoms with Crippen LogP contribution in [0.5, 0.6) is 0 Å². The van der Waals surface area contributed by atoms with Crippen LogP contribution in [0.2, 0.25) is 0 Å². The van der Waals surface area contributed by atoms with Crippen molar-refractivity contribution in [2.75, 3.05) is 0 Å². The fourth-order valence-corrected chi connectivity index (χ4v) is 5.78. The van der Waals surface area contributed by atoms with Crippen LogP contribution in [0.3, 0.4) is 0 Å². The molecule has 1 aromatic rings. The molecule has 31 heavy (non-hydrogen) atoms. The maximum atomic E-state index is 3.35. The summed E-state index contributed by atoms with van der Waals surface area (Å²) >= 11 is 0. The van der Waals surface area contributed by atoms with Crippen molar-refractivity contribution in [3.05, 3.63) is 47.5 Å². The Morgan fingerprint density at radius 1 is 0.742 bits per heavy atom. The summed E-state index contributed by atoms with van der Waals surface area (Å²) < 4.78 is 0. The van der Waals surface area contributed by atoms with Crippen LogP contribution in [-0.4, -0.2) is 0 Å². The van der Waals surface area contributed by atoms with Crippen molar-refractivity contribution in [1.29, 1.82) is 0 Å². The molecule has 0 aliphatic heterocycles. The van der Waals surface area contributed by atoms with Crippen molar-refractivity contribution in [2.24, 2.45) is 17.8 Å². The van der Waals surface area contributed by atoms with Gasteiger partial charge < -0.3 is 0 Å². The van der Waals surface area contributed by atoms with Gasteiger partial charge >= 0.3 is 0 Å². The van der Waals surface area contributed by atoms with E-state index in [-0.39, 0.29) is 0 Å². The second-order valence-electron chi connectivity index (χ2n) is 10.4. The third kappa shape index (κ3) is 8.52. The summed E-state index contributed by atoms with van der Waals surface area (Å²) in [6, 6.07) is 9.16. The Morgan fingerprint density at radius 3 is 2.00 bits per heavy atom. The molecular formula is C31H46. The normalized spacial score (nSPS) is 26.5. The number of hydrogen-bond donors (Lipinski definition) is 0. The highest BCUT2D eigenvalue weighted by Crippen LogP contribution is 2.37. The number of unbranched alkanes of at least 4 members (excludes halogenated alkanes) is 3. The van der Waals surface area contributed by atoms with E-state index in [1.54, 1.807) is 0 Å². The predicted octanol–water partition coefficient (Wildman–Crippen LogP) is 9.44. The maximum Gasteiger partial charge on any atom is 0.0249 e. The van der Waals surface area contributed by atoms with Crippen molar-refractivity contribution in [2.45, 2.75) is 116 Å². The van der Waals surface area contributed by atoms with Gasteiger partial charge in [-0.15, -0.1) is 0 Å². The van der Waals surface area contributed by atoms with Gasteiger partial charge in [0, 0.05) is 5.56 Å². The van der Waals surface area contributed by atoms with E-state index in [1.807, 2.05) is 0 Å². The van der Waals surface area contributed by atoms with Crippen LogP contribution in [0.25, 0.3) is 0 Å². The molecule has 0 aromatic heterocycles. The molecule has 3 rings (SSSR count). The number of allylic oxidation sites excluding steroid dienone is 2. The zero-order valence-corrected chi connectivity index (χ0v) is 20.4. The molecule has 1 aromatic carbocycles. The topological polar surface area (TPSA) is 0 Å². The summed E-state index contributed by atoms with van der Waals surface area (Å²) in [5, 5.41) is 0. The van der Waals surface area contributed by atoms with Gasteiger partial charge in [0.1, 0.15) is 0 Å². The van der Waals surface area contributed by atoms with E-state index in [9.17, 15) is 0 Å². The van der Waals surface area contributed by atoms with Crippen molar-refractivity contribution < 1.29 is 0 Å². The van der Waals surface area contributed by atoms with E-state index in [2.05, 4.69) is 62.1 Å². The van der Waals surface area contributed by atoms with Gasteiger partial charge in [0.15, 0.2) is 0 Å². The monoisotopic (exact) mass is 418 g/mol. The molecule has 0 spiro atoms. The number of rotatable bonds is 9. The van der Waals surface area contributed by atoms with Crippen LogP contribution in [0.1, 0.15) is 127 Å². The summed E-state index contributed by atoms with van der Waals surface area (Å²) in [6.07, 6.45) is 25.5. The fourth-order valence-electron chi connectivity index (χ4n) is 5.78. The van der Waals surface area contributed by atoms with Gasteiger partial charge in [-0.25, -0.2) is 0 Å². The Morgan fingerprint density at radius 2 is 1.35 bits per heavy atom. The first-order valence-corrected chi connectivity index (χ1v) is 13.6. The standard InChI is InChI=1S/C31H46/c1-3-5-7-11-28-18-22-30(23-19-28)31-24-20-29(21-25-31)13-9-8-12-27-16-14-26(15-17-27)10-6-4-2/h8,12,20-21,24-28,30H,3-7,10-11,14-19,22-23H2,1-2H3/b12-8+/t26-,27-,28-,30-. The van der Waals surface area contributed by atoms with Crippen molar-refractivity contribution in [1.82, 2.24) is 0 Å². The van der Waals surface area contributed by atoms with E-state index in [0.717, 1.165) is 29.2 Å². The van der Waals surface area contributed by atoms with Gasteiger partial charge in [0.2, 0.25) is 0 Å². The molecule has 0 amide bonds. The van der Waals surface area contributed by atoms with Crippen molar-refractivity contribution in [3.63, 3.8) is 0 Å². The van der Waals surface area contributed by atoms with Crippen LogP contribution < -0.4 is 0 Å². The second kappa shape index (κ2) is 13.8. The Kier molecular flexibility index (Phi) is 10.8. The summed E-state index contributed by atoms with van der Waals surface area (Å²) in [5.41, 5.74) is 2.69. The summed E-state index contributed by atoms with van der Waals surface area (Å²) in [6.45, 7) is 4.61. The minimum absolute atomic E-state index is 0.756. The molecule has 0 heterocycles. The molecule has 2 fully saturated rings. The van der Waals surface area contributed by atoms with Gasteiger partial charge in [0.05, 0.1) is 0 Å².